The first-order valence-electron chi connectivity index (χ1n) is 5.56. The average molecular weight is 281 g/mol. The fraction of sp³-hybridized carbons (Fsp3) is 0.250. The highest BCUT2D eigenvalue weighted by Gasteiger charge is 2.24. The van der Waals surface area contributed by atoms with Crippen LogP contribution in [0.1, 0.15) is 18.9 Å². The number of benzene rings is 1. The van der Waals surface area contributed by atoms with E-state index in [-0.39, 0.29) is 12.8 Å². The van der Waals surface area contributed by atoms with Gasteiger partial charge in [-0.2, -0.15) is 0 Å². The summed E-state index contributed by atoms with van der Waals surface area (Å²) < 4.78 is 1.82. The van der Waals surface area contributed by atoms with Gasteiger partial charge in [-0.25, -0.2) is 8.75 Å². The maximum atomic E-state index is 12.1. The molecule has 1 atom stereocenters. The molecule has 1 aromatic carbocycles. The van der Waals surface area contributed by atoms with Gasteiger partial charge >= 0.3 is 11.9 Å². The minimum absolute atomic E-state index is 0.114. The van der Waals surface area contributed by atoms with E-state index in [1.807, 2.05) is 0 Å². The average Bonchev–Trinajstić information content (AvgIpc) is 2.67. The Hall–Kier alpha value is -2.15. The number of fused-ring (bicyclic) bond motifs is 1. The lowest BCUT2D eigenvalue weighted by atomic mass is 10.1. The van der Waals surface area contributed by atoms with Crippen molar-refractivity contribution in [3.05, 3.63) is 34.6 Å². The molecule has 0 fully saturated rings. The summed E-state index contributed by atoms with van der Waals surface area (Å²) in [7, 11) is 0. The van der Waals surface area contributed by atoms with Gasteiger partial charge in [0, 0.05) is 6.42 Å². The lowest BCUT2D eigenvalue weighted by molar-refractivity contribution is -0.141. The van der Waals surface area contributed by atoms with Crippen LogP contribution in [-0.4, -0.2) is 26.1 Å². The van der Waals surface area contributed by atoms with Gasteiger partial charge in [0.15, 0.2) is 0 Å². The highest BCUT2D eigenvalue weighted by Crippen LogP contribution is 2.22. The molecular formula is C12H11NO5S. The van der Waals surface area contributed by atoms with Crippen molar-refractivity contribution in [3.8, 4) is 0 Å². The van der Waals surface area contributed by atoms with E-state index < -0.39 is 23.5 Å². The first-order chi connectivity index (χ1) is 9.00. The second-order valence-corrected chi connectivity index (χ2v) is 5.02. The van der Waals surface area contributed by atoms with Gasteiger partial charge in [-0.3, -0.25) is 9.59 Å². The summed E-state index contributed by atoms with van der Waals surface area (Å²) in [6.45, 7) is 0. The molecule has 0 saturated carbocycles. The Bertz CT molecular complexity index is 687. The maximum absolute atomic E-state index is 12.1. The molecule has 6 nitrogen and oxygen atoms in total. The monoisotopic (exact) mass is 281 g/mol. The van der Waals surface area contributed by atoms with Crippen LogP contribution in [0.2, 0.25) is 0 Å². The van der Waals surface area contributed by atoms with Crippen LogP contribution in [0.25, 0.3) is 10.1 Å². The molecule has 1 unspecified atom stereocenters. The van der Waals surface area contributed by atoms with Crippen molar-refractivity contribution in [1.29, 1.82) is 0 Å². The van der Waals surface area contributed by atoms with E-state index in [1.54, 1.807) is 24.3 Å². The summed E-state index contributed by atoms with van der Waals surface area (Å²) in [5.41, 5.74) is -0.390. The Morgan fingerprint density at radius 3 is 2.53 bits per heavy atom. The smallest absolute Gasteiger partial charge is 0.327 e. The number of carboxylic acid groups (broad SMARTS) is 2. The zero-order valence-corrected chi connectivity index (χ0v) is 10.6. The van der Waals surface area contributed by atoms with Crippen molar-refractivity contribution in [2.75, 3.05) is 0 Å². The molecule has 0 spiro atoms. The molecule has 0 aliphatic carbocycles. The van der Waals surface area contributed by atoms with Crippen LogP contribution in [0.5, 0.6) is 0 Å². The van der Waals surface area contributed by atoms with Gasteiger partial charge in [-0.15, -0.1) is 0 Å². The van der Waals surface area contributed by atoms with Crippen LogP contribution in [0.15, 0.2) is 29.1 Å². The summed E-state index contributed by atoms with van der Waals surface area (Å²) in [6, 6.07) is 5.68. The Morgan fingerprint density at radius 1 is 1.26 bits per heavy atom. The number of hydrogen-bond acceptors (Lipinski definition) is 4. The molecule has 100 valence electrons. The van der Waals surface area contributed by atoms with Crippen molar-refractivity contribution in [2.24, 2.45) is 0 Å². The minimum Gasteiger partial charge on any atom is -0.481 e. The topological polar surface area (TPSA) is 96.6 Å². The second kappa shape index (κ2) is 5.23. The summed E-state index contributed by atoms with van der Waals surface area (Å²) in [4.78, 5) is 33.8. The molecule has 0 bridgehead atoms. The van der Waals surface area contributed by atoms with Crippen molar-refractivity contribution in [3.63, 3.8) is 0 Å². The van der Waals surface area contributed by atoms with Crippen molar-refractivity contribution in [2.45, 2.75) is 18.9 Å². The van der Waals surface area contributed by atoms with Gasteiger partial charge in [0.1, 0.15) is 6.04 Å². The lowest BCUT2D eigenvalue weighted by Crippen LogP contribution is -2.26. The van der Waals surface area contributed by atoms with Crippen LogP contribution >= 0.6 is 11.5 Å². The summed E-state index contributed by atoms with van der Waals surface area (Å²) in [5, 5.41) is 18.2. The number of aliphatic carboxylic acids is 2. The predicted molar refractivity (Wildman–Crippen MR) is 69.6 cm³/mol. The van der Waals surface area contributed by atoms with E-state index in [4.69, 9.17) is 10.2 Å². The molecule has 19 heavy (non-hydrogen) atoms. The van der Waals surface area contributed by atoms with Crippen molar-refractivity contribution in [1.82, 2.24) is 3.96 Å². The van der Waals surface area contributed by atoms with Gasteiger partial charge in [-0.1, -0.05) is 23.7 Å². The molecule has 1 aromatic heterocycles. The third-order valence-electron chi connectivity index (χ3n) is 2.71. The quantitative estimate of drug-likeness (QED) is 0.866. The molecule has 2 N–H and O–H groups in total. The summed E-state index contributed by atoms with van der Waals surface area (Å²) in [6.07, 6.45) is -0.408. The molecular weight excluding hydrogens is 270 g/mol. The highest BCUT2D eigenvalue weighted by molar-refractivity contribution is 7.13. The molecule has 1 heterocycles. The van der Waals surface area contributed by atoms with Crippen molar-refractivity contribution < 1.29 is 19.8 Å². The normalized spacial score (nSPS) is 12.4. The number of hydrogen-bond donors (Lipinski definition) is 2. The molecule has 0 aliphatic heterocycles. The molecule has 0 radical (unpaired) electrons. The Balaban J connectivity index is 2.44. The maximum Gasteiger partial charge on any atom is 0.327 e. The highest BCUT2D eigenvalue weighted by atomic mass is 32.1. The van der Waals surface area contributed by atoms with E-state index in [0.29, 0.717) is 10.1 Å². The third-order valence-corrected chi connectivity index (χ3v) is 3.88. The van der Waals surface area contributed by atoms with E-state index in [0.717, 1.165) is 15.5 Å². The molecule has 0 amide bonds. The van der Waals surface area contributed by atoms with Crippen LogP contribution < -0.4 is 5.56 Å². The number of carboxylic acids is 2. The number of aromatic nitrogens is 1. The number of rotatable bonds is 5. The van der Waals surface area contributed by atoms with Crippen LogP contribution in [0.4, 0.5) is 0 Å². The number of carbonyl (C=O) groups is 2. The van der Waals surface area contributed by atoms with Gasteiger partial charge in [0.05, 0.1) is 10.1 Å². The molecule has 7 heteroatoms. The molecule has 0 saturated heterocycles. The van der Waals surface area contributed by atoms with Gasteiger partial charge in [-0.05, 0) is 18.6 Å². The van der Waals surface area contributed by atoms with Crippen LogP contribution in [0, 0.1) is 0 Å². The minimum atomic E-state index is -1.20. The largest absolute Gasteiger partial charge is 0.481 e. The van der Waals surface area contributed by atoms with E-state index in [1.165, 1.54) is 0 Å². The first-order valence-corrected chi connectivity index (χ1v) is 6.33. The van der Waals surface area contributed by atoms with Gasteiger partial charge in [0.2, 0.25) is 0 Å². The Morgan fingerprint density at radius 2 is 1.95 bits per heavy atom. The van der Waals surface area contributed by atoms with Gasteiger partial charge < -0.3 is 10.2 Å². The Labute approximate surface area is 111 Å². The SMILES string of the molecule is O=C(O)CCC(C(=O)O)n1sc2ccccc2c1=O. The standard InChI is InChI=1S/C12H11NO5S/c14-10(15)6-5-8(12(17)18)13-11(16)7-3-1-2-4-9(7)19-13/h1-4,8H,5-6H2,(H,14,15)(H,17,18). The van der Waals surface area contributed by atoms with Crippen LogP contribution in [0.3, 0.4) is 0 Å². The first kappa shape index (κ1) is 13.3. The van der Waals surface area contributed by atoms with Crippen LogP contribution in [-0.2, 0) is 9.59 Å². The zero-order chi connectivity index (χ0) is 14.0. The van der Waals surface area contributed by atoms with Gasteiger partial charge in [0.25, 0.3) is 5.56 Å². The zero-order valence-electron chi connectivity index (χ0n) is 9.78. The Kier molecular flexibility index (Phi) is 3.66. The fourth-order valence-electron chi connectivity index (χ4n) is 1.80. The van der Waals surface area contributed by atoms with Crippen molar-refractivity contribution >= 4 is 33.6 Å². The van der Waals surface area contributed by atoms with E-state index in [9.17, 15) is 14.4 Å². The van der Waals surface area contributed by atoms with E-state index >= 15 is 0 Å². The predicted octanol–water partition coefficient (Wildman–Crippen LogP) is 1.55. The summed E-state index contributed by atoms with van der Waals surface area (Å²) >= 11 is 1.04. The second-order valence-electron chi connectivity index (χ2n) is 4.00. The molecule has 2 aromatic rings. The van der Waals surface area contributed by atoms with E-state index in [2.05, 4.69) is 0 Å². The lowest BCUT2D eigenvalue weighted by Gasteiger charge is -2.10. The fourth-order valence-corrected chi connectivity index (χ4v) is 2.90. The number of nitrogens with zero attached hydrogens (tertiary/aromatic N) is 1. The molecule has 0 aliphatic rings. The third kappa shape index (κ3) is 2.65. The summed E-state index contributed by atoms with van der Waals surface area (Å²) in [5.74, 6) is -2.28. The molecule has 2 rings (SSSR count).